The van der Waals surface area contributed by atoms with Gasteiger partial charge in [0.2, 0.25) is 0 Å². The Labute approximate surface area is 196 Å². The van der Waals surface area contributed by atoms with E-state index in [4.69, 9.17) is 4.42 Å². The second-order valence-electron chi connectivity index (χ2n) is 7.47. The van der Waals surface area contributed by atoms with E-state index in [1.165, 1.54) is 16.7 Å². The largest absolute Gasteiger partial charge is 0.504 e. The number of aromatic hydroxyl groups is 1. The van der Waals surface area contributed by atoms with E-state index in [1.807, 2.05) is 19.9 Å². The summed E-state index contributed by atoms with van der Waals surface area (Å²) in [6.07, 6.45) is 0.574. The lowest BCUT2D eigenvalue weighted by molar-refractivity contribution is -0.136. The molecule has 3 heterocycles. The van der Waals surface area contributed by atoms with E-state index in [2.05, 4.69) is 10.6 Å². The summed E-state index contributed by atoms with van der Waals surface area (Å²) in [6.45, 7) is 7.63. The molecule has 1 aliphatic rings. The van der Waals surface area contributed by atoms with Gasteiger partial charge in [-0.1, -0.05) is 20.8 Å². The van der Waals surface area contributed by atoms with Gasteiger partial charge in [-0.25, -0.2) is 8.42 Å². The highest BCUT2D eigenvalue weighted by atomic mass is 32.2. The van der Waals surface area contributed by atoms with E-state index in [0.29, 0.717) is 17.9 Å². The average molecular weight is 497 g/mol. The van der Waals surface area contributed by atoms with Crippen molar-refractivity contribution in [3.8, 4) is 5.75 Å². The van der Waals surface area contributed by atoms with Crippen LogP contribution in [0.3, 0.4) is 0 Å². The molecule has 12 heteroatoms. The summed E-state index contributed by atoms with van der Waals surface area (Å²) in [7, 11) is -2.54. The number of thiophene rings is 1. The maximum absolute atomic E-state index is 12.8. The molecule has 0 saturated carbocycles. The van der Waals surface area contributed by atoms with Crippen LogP contribution in [0.5, 0.6) is 5.75 Å². The fourth-order valence-electron chi connectivity index (χ4n) is 3.50. The highest BCUT2D eigenvalue weighted by Gasteiger charge is 2.38. The van der Waals surface area contributed by atoms with Crippen LogP contribution in [0.2, 0.25) is 0 Å². The predicted molar refractivity (Wildman–Crippen MR) is 124 cm³/mol. The molecule has 0 unspecified atom stereocenters. The molecule has 0 aliphatic carbocycles. The van der Waals surface area contributed by atoms with Gasteiger partial charge in [-0.2, -0.15) is 4.31 Å². The van der Waals surface area contributed by atoms with Crippen LogP contribution in [0.1, 0.15) is 44.8 Å². The number of likely N-dealkylation sites (N-methyl/N-ethyl adjacent to an activating group) is 1. The maximum atomic E-state index is 12.8. The van der Waals surface area contributed by atoms with Crippen molar-refractivity contribution in [3.05, 3.63) is 40.4 Å². The average Bonchev–Trinajstić information content (AvgIpc) is 3.42. The van der Waals surface area contributed by atoms with Crippen LogP contribution in [0.25, 0.3) is 0 Å². The zero-order valence-corrected chi connectivity index (χ0v) is 20.8. The summed E-state index contributed by atoms with van der Waals surface area (Å²) in [5, 5.41) is 17.9. The van der Waals surface area contributed by atoms with Crippen molar-refractivity contribution < 1.29 is 27.5 Å². The van der Waals surface area contributed by atoms with Crippen molar-refractivity contribution >= 4 is 38.9 Å². The first-order valence-electron chi connectivity index (χ1n) is 10.5. The molecule has 0 bridgehead atoms. The first-order valence-corrected chi connectivity index (χ1v) is 12.9. The van der Waals surface area contributed by atoms with Gasteiger partial charge in [0, 0.05) is 25.5 Å². The molecular weight excluding hydrogens is 468 g/mol. The summed E-state index contributed by atoms with van der Waals surface area (Å²) >= 11 is 0.838. The lowest BCUT2D eigenvalue weighted by Gasteiger charge is -2.18. The minimum atomic E-state index is -3.89. The predicted octanol–water partition coefficient (Wildman–Crippen LogP) is 2.75. The second kappa shape index (κ2) is 9.57. The molecule has 2 aromatic rings. The SMILES string of the molecule is CC[C@@H](NC1=C(Nc2csc(S(=O)(=O)N(CC)CC)c2O)C(=O)N(C)C1=O)c1ccc(C)o1. The summed E-state index contributed by atoms with van der Waals surface area (Å²) in [5.74, 6) is -0.319. The number of nitrogens with zero attached hydrogens (tertiary/aromatic N) is 2. The Balaban J connectivity index is 1.98. The van der Waals surface area contributed by atoms with Gasteiger partial charge in [-0.3, -0.25) is 14.5 Å². The van der Waals surface area contributed by atoms with E-state index in [1.54, 1.807) is 19.9 Å². The zero-order valence-electron chi connectivity index (χ0n) is 19.1. The third-order valence-corrected chi connectivity index (χ3v) is 8.93. The van der Waals surface area contributed by atoms with E-state index in [-0.39, 0.29) is 40.4 Å². The van der Waals surface area contributed by atoms with Crippen molar-refractivity contribution in [2.75, 3.05) is 25.5 Å². The molecule has 1 atom stereocenters. The standard InChI is InChI=1S/C21H28N4O6S2/c1-6-13(15-10-9-12(4)31-15)22-16-17(20(28)24(5)19(16)27)23-14-11-32-21(18(14)26)33(29,30)25(7-2)8-3/h9-11,13,22-23,26H,6-8H2,1-5H3/t13-/m1/s1. The molecule has 3 N–H and O–H groups in total. The van der Waals surface area contributed by atoms with Crippen LogP contribution in [0.15, 0.2) is 37.5 Å². The molecule has 2 aromatic heterocycles. The van der Waals surface area contributed by atoms with Gasteiger partial charge < -0.3 is 20.2 Å². The lowest BCUT2D eigenvalue weighted by Crippen LogP contribution is -2.31. The van der Waals surface area contributed by atoms with Gasteiger partial charge in [0.05, 0.1) is 11.7 Å². The van der Waals surface area contributed by atoms with Crippen LogP contribution in [-0.2, 0) is 19.6 Å². The molecule has 1 aliphatic heterocycles. The molecule has 2 amide bonds. The maximum Gasteiger partial charge on any atom is 0.279 e. The summed E-state index contributed by atoms with van der Waals surface area (Å²) < 4.78 is 32.3. The minimum Gasteiger partial charge on any atom is -0.504 e. The van der Waals surface area contributed by atoms with E-state index < -0.39 is 27.6 Å². The van der Waals surface area contributed by atoms with Crippen LogP contribution >= 0.6 is 11.3 Å². The van der Waals surface area contributed by atoms with E-state index in [9.17, 15) is 23.1 Å². The van der Waals surface area contributed by atoms with Crippen molar-refractivity contribution in [3.63, 3.8) is 0 Å². The zero-order chi connectivity index (χ0) is 24.5. The monoisotopic (exact) mass is 496 g/mol. The number of hydrogen-bond acceptors (Lipinski definition) is 9. The summed E-state index contributed by atoms with van der Waals surface area (Å²) in [5.41, 5.74) is -0.0374. The van der Waals surface area contributed by atoms with Gasteiger partial charge in [-0.15, -0.1) is 11.3 Å². The number of rotatable bonds is 10. The fraction of sp³-hybridized carbons (Fsp3) is 0.429. The molecular formula is C21H28N4O6S2. The quantitative estimate of drug-likeness (QED) is 0.428. The van der Waals surface area contributed by atoms with Gasteiger partial charge in [0.15, 0.2) is 9.96 Å². The molecule has 33 heavy (non-hydrogen) atoms. The number of anilines is 1. The first-order chi connectivity index (χ1) is 15.6. The van der Waals surface area contributed by atoms with Crippen molar-refractivity contribution in [2.24, 2.45) is 0 Å². The van der Waals surface area contributed by atoms with Crippen molar-refractivity contribution in [1.82, 2.24) is 14.5 Å². The van der Waals surface area contributed by atoms with Crippen molar-refractivity contribution in [1.29, 1.82) is 0 Å². The molecule has 0 fully saturated rings. The number of hydrogen-bond donors (Lipinski definition) is 3. The lowest BCUT2D eigenvalue weighted by atomic mass is 10.1. The number of sulfonamides is 1. The van der Waals surface area contributed by atoms with Crippen LogP contribution in [0.4, 0.5) is 5.69 Å². The second-order valence-corrected chi connectivity index (χ2v) is 10.5. The fourth-order valence-corrected chi connectivity index (χ4v) is 6.33. The normalized spacial score (nSPS) is 15.6. The molecule has 180 valence electrons. The number of imide groups is 1. The Morgan fingerprint density at radius 2 is 1.79 bits per heavy atom. The Kier molecular flexibility index (Phi) is 7.20. The van der Waals surface area contributed by atoms with Crippen LogP contribution in [0, 0.1) is 6.92 Å². The van der Waals surface area contributed by atoms with Gasteiger partial charge in [0.25, 0.3) is 21.8 Å². The Hall–Kier alpha value is -2.83. The Bertz CT molecular complexity index is 1190. The smallest absolute Gasteiger partial charge is 0.279 e. The van der Waals surface area contributed by atoms with Gasteiger partial charge in [-0.05, 0) is 25.5 Å². The van der Waals surface area contributed by atoms with Crippen LogP contribution < -0.4 is 10.6 Å². The highest BCUT2D eigenvalue weighted by Crippen LogP contribution is 2.40. The summed E-state index contributed by atoms with van der Waals surface area (Å²) in [4.78, 5) is 26.5. The van der Waals surface area contributed by atoms with Crippen molar-refractivity contribution in [2.45, 2.75) is 44.4 Å². The molecule has 10 nitrogen and oxygen atoms in total. The number of carbonyl (C=O) groups is 2. The van der Waals surface area contributed by atoms with E-state index in [0.717, 1.165) is 16.2 Å². The topological polar surface area (TPSA) is 132 Å². The molecule has 0 spiro atoms. The Morgan fingerprint density at radius 1 is 1.15 bits per heavy atom. The number of furan rings is 1. The number of amides is 2. The molecule has 3 rings (SSSR count). The molecule has 0 aromatic carbocycles. The van der Waals surface area contributed by atoms with Gasteiger partial charge in [0.1, 0.15) is 22.9 Å². The molecule has 0 radical (unpaired) electrons. The minimum absolute atomic E-state index is 0.0159. The van der Waals surface area contributed by atoms with E-state index >= 15 is 0 Å². The summed E-state index contributed by atoms with van der Waals surface area (Å²) in [6, 6.07) is 3.23. The Morgan fingerprint density at radius 3 is 2.33 bits per heavy atom. The highest BCUT2D eigenvalue weighted by molar-refractivity contribution is 7.91. The molecule has 0 saturated heterocycles. The van der Waals surface area contributed by atoms with Gasteiger partial charge >= 0.3 is 0 Å². The number of carbonyl (C=O) groups excluding carboxylic acids is 2. The third-order valence-electron chi connectivity index (χ3n) is 5.39. The third kappa shape index (κ3) is 4.50. The number of aryl methyl sites for hydroxylation is 1. The first kappa shape index (κ1) is 24.8. The number of nitrogens with one attached hydrogen (secondary N) is 2. The van der Waals surface area contributed by atoms with Crippen LogP contribution in [-0.4, -0.2) is 54.7 Å².